The summed E-state index contributed by atoms with van der Waals surface area (Å²) in [7, 11) is -2.69. The van der Waals surface area contributed by atoms with E-state index in [0.29, 0.717) is 58.5 Å². The van der Waals surface area contributed by atoms with E-state index >= 15 is 0 Å². The first kappa shape index (κ1) is 30.3. The highest BCUT2D eigenvalue weighted by Crippen LogP contribution is 2.23. The number of rotatable bonds is 18. The number of fused-ring (bicyclic) bond motifs is 1. The van der Waals surface area contributed by atoms with Crippen LogP contribution in [0.3, 0.4) is 0 Å². The van der Waals surface area contributed by atoms with Crippen molar-refractivity contribution in [3.63, 3.8) is 0 Å². The van der Waals surface area contributed by atoms with Crippen molar-refractivity contribution >= 4 is 37.7 Å². The molecule has 0 spiro atoms. The summed E-state index contributed by atoms with van der Waals surface area (Å²) in [5.41, 5.74) is 0.823. The van der Waals surface area contributed by atoms with Crippen LogP contribution >= 0.6 is 0 Å². The maximum absolute atomic E-state index is 11.9. The molecule has 10 heteroatoms. The molecule has 0 bridgehead atoms. The fourth-order valence-corrected chi connectivity index (χ4v) is 6.32. The van der Waals surface area contributed by atoms with Gasteiger partial charge in [0.2, 0.25) is 0 Å². The van der Waals surface area contributed by atoms with Gasteiger partial charge in [-0.15, -0.1) is 0 Å². The Kier molecular flexibility index (Phi) is 13.7. The number of carbonyl (C=O) groups is 2. The van der Waals surface area contributed by atoms with Crippen molar-refractivity contribution in [2.75, 3.05) is 39.6 Å². The van der Waals surface area contributed by atoms with Crippen LogP contribution in [0.1, 0.15) is 45.6 Å². The Bertz CT molecular complexity index is 996. The van der Waals surface area contributed by atoms with E-state index in [1.807, 2.05) is 57.2 Å². The maximum atomic E-state index is 11.9. The summed E-state index contributed by atoms with van der Waals surface area (Å²) in [5, 5.41) is 13.5. The van der Waals surface area contributed by atoms with Crippen molar-refractivity contribution < 1.29 is 37.4 Å². The third kappa shape index (κ3) is 11.3. The smallest absolute Gasteiger partial charge is 0.494 e. The molecular weight excluding hydrogens is 494 g/mol. The minimum Gasteiger partial charge on any atom is -0.494 e. The largest absolute Gasteiger partial charge is 0.500 e. The first-order chi connectivity index (χ1) is 17.9. The number of carbonyl (C=O) groups excluding carboxylic acids is 1. The minimum absolute atomic E-state index is 0.315. The molecule has 37 heavy (non-hydrogen) atoms. The Labute approximate surface area is 220 Å². The highest BCUT2D eigenvalue weighted by atomic mass is 28.4. The molecule has 2 aromatic rings. The molecule has 0 heterocycles. The van der Waals surface area contributed by atoms with E-state index in [4.69, 9.17) is 27.9 Å². The third-order valence-corrected chi connectivity index (χ3v) is 8.47. The minimum atomic E-state index is -2.69. The van der Waals surface area contributed by atoms with Crippen LogP contribution < -0.4 is 10.1 Å². The van der Waals surface area contributed by atoms with Gasteiger partial charge >= 0.3 is 20.9 Å². The molecule has 204 valence electrons. The molecule has 0 aromatic heterocycles. The zero-order valence-electron chi connectivity index (χ0n) is 22.0. The molecule has 0 unspecified atom stereocenters. The molecule has 0 aliphatic heterocycles. The van der Waals surface area contributed by atoms with Gasteiger partial charge in [-0.3, -0.25) is 0 Å². The van der Waals surface area contributed by atoms with E-state index in [2.05, 4.69) is 5.32 Å². The number of alkyl carbamates (subject to hydrolysis) is 1. The quantitative estimate of drug-likeness (QED) is 0.152. The molecule has 0 atom stereocenters. The van der Waals surface area contributed by atoms with Crippen molar-refractivity contribution in [3.8, 4) is 5.75 Å². The highest BCUT2D eigenvalue weighted by Gasteiger charge is 2.39. The van der Waals surface area contributed by atoms with Crippen molar-refractivity contribution in [1.29, 1.82) is 0 Å². The fourth-order valence-electron chi connectivity index (χ4n) is 3.71. The summed E-state index contributed by atoms with van der Waals surface area (Å²) in [4.78, 5) is 22.6. The molecule has 2 rings (SSSR count). The molecule has 0 fully saturated rings. The Hall–Kier alpha value is -2.92. The van der Waals surface area contributed by atoms with E-state index in [-0.39, 0.29) is 0 Å². The predicted octanol–water partition coefficient (Wildman–Crippen LogP) is 5.26. The maximum Gasteiger partial charge on any atom is 0.500 e. The van der Waals surface area contributed by atoms with Crippen LogP contribution in [0.5, 0.6) is 5.75 Å². The summed E-state index contributed by atoms with van der Waals surface area (Å²) in [6.45, 7) is 8.63. The van der Waals surface area contributed by atoms with Crippen LogP contribution in [0.25, 0.3) is 16.8 Å². The molecular formula is C27H39NO8Si. The van der Waals surface area contributed by atoms with E-state index in [1.165, 1.54) is 0 Å². The Balaban J connectivity index is 1.63. The van der Waals surface area contributed by atoms with E-state index < -0.39 is 20.9 Å². The molecule has 0 aliphatic carbocycles. The lowest BCUT2D eigenvalue weighted by atomic mass is 10.1. The van der Waals surface area contributed by atoms with Crippen molar-refractivity contribution in [1.82, 2.24) is 5.32 Å². The molecule has 2 N–H and O–H groups in total. The number of ether oxygens (including phenoxy) is 2. The summed E-state index contributed by atoms with van der Waals surface area (Å²) >= 11 is 0. The van der Waals surface area contributed by atoms with Crippen molar-refractivity contribution in [2.45, 2.75) is 46.1 Å². The lowest BCUT2D eigenvalue weighted by molar-refractivity contribution is -0.131. The Morgan fingerprint density at radius 1 is 0.892 bits per heavy atom. The number of hydrogen-bond donors (Lipinski definition) is 2. The van der Waals surface area contributed by atoms with Gasteiger partial charge in [-0.25, -0.2) is 9.59 Å². The predicted molar refractivity (Wildman–Crippen MR) is 145 cm³/mol. The summed E-state index contributed by atoms with van der Waals surface area (Å²) in [6, 6.07) is 12.1. The van der Waals surface area contributed by atoms with Crippen LogP contribution in [0.2, 0.25) is 6.04 Å². The van der Waals surface area contributed by atoms with Gasteiger partial charge in [0.25, 0.3) is 0 Å². The third-order valence-electron chi connectivity index (χ3n) is 5.32. The Morgan fingerprint density at radius 2 is 1.54 bits per heavy atom. The van der Waals surface area contributed by atoms with Gasteiger partial charge in [0.1, 0.15) is 5.75 Å². The van der Waals surface area contributed by atoms with Gasteiger partial charge < -0.3 is 33.2 Å². The second-order valence-corrected chi connectivity index (χ2v) is 10.9. The zero-order chi connectivity index (χ0) is 26.9. The van der Waals surface area contributed by atoms with Gasteiger partial charge in [-0.05, 0) is 80.6 Å². The number of nitrogens with one attached hydrogen (secondary N) is 1. The van der Waals surface area contributed by atoms with Gasteiger partial charge in [-0.2, -0.15) is 0 Å². The topological polar surface area (TPSA) is 113 Å². The number of carboxylic acid groups (broad SMARTS) is 1. The van der Waals surface area contributed by atoms with Crippen LogP contribution in [-0.4, -0.2) is 65.6 Å². The molecule has 0 saturated heterocycles. The SMILES string of the molecule is CCO[Si](CCCNC(=O)OCCCCOc1ccc2cc(C=CC(=O)O)ccc2c1)(OCC)OCC. The first-order valence-corrected chi connectivity index (χ1v) is 14.7. The molecule has 9 nitrogen and oxygen atoms in total. The van der Waals surface area contributed by atoms with Crippen LogP contribution in [-0.2, 0) is 22.8 Å². The molecule has 0 aliphatic rings. The monoisotopic (exact) mass is 533 g/mol. The van der Waals surface area contributed by atoms with E-state index in [9.17, 15) is 9.59 Å². The van der Waals surface area contributed by atoms with E-state index in [1.54, 1.807) is 6.08 Å². The van der Waals surface area contributed by atoms with Crippen LogP contribution in [0.4, 0.5) is 4.79 Å². The molecule has 0 radical (unpaired) electrons. The van der Waals surface area contributed by atoms with Crippen LogP contribution in [0, 0.1) is 0 Å². The second kappa shape index (κ2) is 16.7. The van der Waals surface area contributed by atoms with Gasteiger partial charge in [0, 0.05) is 38.5 Å². The Morgan fingerprint density at radius 3 is 2.22 bits per heavy atom. The van der Waals surface area contributed by atoms with Crippen molar-refractivity contribution in [2.24, 2.45) is 0 Å². The number of unbranched alkanes of at least 4 members (excludes halogenated alkanes) is 1. The zero-order valence-corrected chi connectivity index (χ0v) is 23.0. The molecule has 2 aromatic carbocycles. The second-order valence-electron chi connectivity index (χ2n) is 8.14. The van der Waals surface area contributed by atoms with Crippen LogP contribution in [0.15, 0.2) is 42.5 Å². The van der Waals surface area contributed by atoms with Gasteiger partial charge in [0.05, 0.1) is 13.2 Å². The molecule has 0 saturated carbocycles. The first-order valence-electron chi connectivity index (χ1n) is 12.8. The lowest BCUT2D eigenvalue weighted by Gasteiger charge is -2.28. The number of carboxylic acids is 1. The summed E-state index contributed by atoms with van der Waals surface area (Å²) < 4.78 is 28.5. The number of benzene rings is 2. The highest BCUT2D eigenvalue weighted by molar-refractivity contribution is 6.60. The standard InChI is InChI=1S/C27H39NO8Si/c1-4-34-37(35-5-2,36-6-3)19-9-16-28-27(31)33-18-8-7-17-32-25-14-13-23-20-22(11-15-26(29)30)10-12-24(23)21-25/h10-15,20-21H,4-9,16-19H2,1-3H3,(H,28,31)(H,29,30). The average molecular weight is 534 g/mol. The summed E-state index contributed by atoms with van der Waals surface area (Å²) in [6.07, 6.45) is 4.36. The fraction of sp³-hybridized carbons (Fsp3) is 0.481. The average Bonchev–Trinajstić information content (AvgIpc) is 2.87. The number of aliphatic carboxylic acids is 1. The normalized spacial score (nSPS) is 11.6. The van der Waals surface area contributed by atoms with Crippen molar-refractivity contribution in [3.05, 3.63) is 48.0 Å². The van der Waals surface area contributed by atoms with Gasteiger partial charge in [-0.1, -0.05) is 18.2 Å². The number of amides is 1. The van der Waals surface area contributed by atoms with Gasteiger partial charge in [0.15, 0.2) is 0 Å². The molecule has 1 amide bonds. The lowest BCUT2D eigenvalue weighted by Crippen LogP contribution is -2.46. The number of hydrogen-bond acceptors (Lipinski definition) is 7. The summed E-state index contributed by atoms with van der Waals surface area (Å²) in [5.74, 6) is -0.220. The van der Waals surface area contributed by atoms with E-state index in [0.717, 1.165) is 34.6 Å².